The molecule has 7 heteroatoms. The van der Waals surface area contributed by atoms with Crippen molar-refractivity contribution >= 4 is 16.8 Å². The lowest BCUT2D eigenvalue weighted by Gasteiger charge is -2.41. The molecule has 1 aromatic carbocycles. The van der Waals surface area contributed by atoms with E-state index in [1.54, 1.807) is 24.3 Å². The number of piperidine rings is 1. The number of H-pyrrole nitrogens is 1. The van der Waals surface area contributed by atoms with Crippen molar-refractivity contribution in [3.05, 3.63) is 45.1 Å². The summed E-state index contributed by atoms with van der Waals surface area (Å²) in [5.74, 6) is -0.0951. The zero-order valence-corrected chi connectivity index (χ0v) is 16.1. The molecular formula is C20H28N4O3. The largest absolute Gasteiger partial charge is 0.354 e. The first-order valence-electron chi connectivity index (χ1n) is 9.62. The molecule has 2 heterocycles. The predicted molar refractivity (Wildman–Crippen MR) is 106 cm³/mol. The summed E-state index contributed by atoms with van der Waals surface area (Å²) in [4.78, 5) is 41.1. The summed E-state index contributed by atoms with van der Waals surface area (Å²) in [6.07, 6.45) is 3.88. The molecule has 1 aliphatic heterocycles. The Morgan fingerprint density at radius 1 is 1.15 bits per heavy atom. The SMILES string of the molecule is CC(C)(CNC(=O)CCn1c(=O)[nH]c(=O)c2ccccc21)N1CCCCC1. The number of hydrogen-bond acceptors (Lipinski definition) is 4. The van der Waals surface area contributed by atoms with E-state index in [2.05, 4.69) is 29.0 Å². The first kappa shape index (κ1) is 19.4. The number of nitrogens with zero attached hydrogens (tertiary/aromatic N) is 2. The highest BCUT2D eigenvalue weighted by Crippen LogP contribution is 2.19. The number of likely N-dealkylation sites (tertiary alicyclic amines) is 1. The van der Waals surface area contributed by atoms with Gasteiger partial charge in [0.1, 0.15) is 0 Å². The number of rotatable bonds is 6. The molecule has 1 aromatic heterocycles. The lowest BCUT2D eigenvalue weighted by molar-refractivity contribution is -0.121. The Bertz CT molecular complexity index is 923. The van der Waals surface area contributed by atoms with Gasteiger partial charge in [0.25, 0.3) is 5.56 Å². The molecule has 0 spiro atoms. The number of amides is 1. The topological polar surface area (TPSA) is 87.2 Å². The highest BCUT2D eigenvalue weighted by molar-refractivity contribution is 5.78. The highest BCUT2D eigenvalue weighted by Gasteiger charge is 2.28. The van der Waals surface area contributed by atoms with Crippen molar-refractivity contribution in [3.63, 3.8) is 0 Å². The molecule has 0 aliphatic carbocycles. The van der Waals surface area contributed by atoms with Crippen LogP contribution >= 0.6 is 0 Å². The smallest absolute Gasteiger partial charge is 0.328 e. The standard InChI is InChI=1S/C20H28N4O3/c1-20(2,23-11-6-3-7-12-23)14-21-17(25)10-13-24-16-9-5-4-8-15(16)18(26)22-19(24)27/h4-5,8-9H,3,6-7,10-14H2,1-2H3,(H,21,25)(H,22,26,27). The van der Waals surface area contributed by atoms with Crippen LogP contribution < -0.4 is 16.6 Å². The first-order chi connectivity index (χ1) is 12.9. The van der Waals surface area contributed by atoms with Gasteiger partial charge in [0.05, 0.1) is 10.9 Å². The van der Waals surface area contributed by atoms with Crippen LogP contribution in [0.15, 0.2) is 33.9 Å². The van der Waals surface area contributed by atoms with Crippen LogP contribution in [0.2, 0.25) is 0 Å². The third-order valence-corrected chi connectivity index (χ3v) is 5.40. The summed E-state index contributed by atoms with van der Waals surface area (Å²) < 4.78 is 1.45. The number of fused-ring (bicyclic) bond motifs is 1. The van der Waals surface area contributed by atoms with Crippen LogP contribution in [0, 0.1) is 0 Å². The molecule has 1 fully saturated rings. The van der Waals surface area contributed by atoms with Crippen molar-refractivity contribution in [2.24, 2.45) is 0 Å². The number of hydrogen-bond donors (Lipinski definition) is 2. The molecule has 7 nitrogen and oxygen atoms in total. The summed E-state index contributed by atoms with van der Waals surface area (Å²) in [5.41, 5.74) is -0.426. The van der Waals surface area contributed by atoms with Crippen molar-refractivity contribution in [3.8, 4) is 0 Å². The van der Waals surface area contributed by atoms with Crippen LogP contribution in [0.4, 0.5) is 0 Å². The molecule has 0 saturated carbocycles. The van der Waals surface area contributed by atoms with Gasteiger partial charge in [0, 0.05) is 25.0 Å². The van der Waals surface area contributed by atoms with Crippen molar-refractivity contribution in [2.45, 2.75) is 51.6 Å². The van der Waals surface area contributed by atoms with Crippen molar-refractivity contribution < 1.29 is 4.79 Å². The van der Waals surface area contributed by atoms with E-state index >= 15 is 0 Å². The molecule has 0 unspecified atom stereocenters. The van der Waals surface area contributed by atoms with E-state index in [0.717, 1.165) is 13.1 Å². The second kappa shape index (κ2) is 8.08. The fraction of sp³-hybridized carbons (Fsp3) is 0.550. The van der Waals surface area contributed by atoms with Crippen molar-refractivity contribution in [1.29, 1.82) is 0 Å². The Morgan fingerprint density at radius 2 is 1.85 bits per heavy atom. The lowest BCUT2D eigenvalue weighted by atomic mass is 9.98. The third-order valence-electron chi connectivity index (χ3n) is 5.40. The first-order valence-corrected chi connectivity index (χ1v) is 9.62. The van der Waals surface area contributed by atoms with E-state index in [4.69, 9.17) is 0 Å². The van der Waals surface area contributed by atoms with Crippen LogP contribution in [0.5, 0.6) is 0 Å². The summed E-state index contributed by atoms with van der Waals surface area (Å²) in [6, 6.07) is 6.93. The van der Waals surface area contributed by atoms with Crippen molar-refractivity contribution in [1.82, 2.24) is 19.8 Å². The number of carbonyl (C=O) groups is 1. The van der Waals surface area contributed by atoms with Crippen LogP contribution in [-0.2, 0) is 11.3 Å². The van der Waals surface area contributed by atoms with Gasteiger partial charge >= 0.3 is 5.69 Å². The maximum absolute atomic E-state index is 12.3. The van der Waals surface area contributed by atoms with E-state index in [0.29, 0.717) is 17.4 Å². The van der Waals surface area contributed by atoms with E-state index in [-0.39, 0.29) is 24.4 Å². The molecular weight excluding hydrogens is 344 g/mol. The number of benzene rings is 1. The molecule has 0 radical (unpaired) electrons. The minimum Gasteiger partial charge on any atom is -0.354 e. The molecule has 1 amide bonds. The van der Waals surface area contributed by atoms with E-state index in [1.165, 1.54) is 23.8 Å². The number of aryl methyl sites for hydroxylation is 1. The number of nitrogens with one attached hydrogen (secondary N) is 2. The number of para-hydroxylation sites is 1. The molecule has 1 aliphatic rings. The lowest BCUT2D eigenvalue weighted by Crippen LogP contribution is -2.53. The summed E-state index contributed by atoms with van der Waals surface area (Å²) in [5, 5.41) is 3.45. The van der Waals surface area contributed by atoms with E-state index < -0.39 is 11.2 Å². The minimum absolute atomic E-state index is 0.0857. The van der Waals surface area contributed by atoms with E-state index in [1.807, 2.05) is 0 Å². The zero-order chi connectivity index (χ0) is 19.4. The Kier molecular flexibility index (Phi) is 5.79. The Hall–Kier alpha value is -2.41. The number of aromatic amines is 1. The van der Waals surface area contributed by atoms with Gasteiger partial charge in [-0.05, 0) is 51.9 Å². The average Bonchev–Trinajstić information content (AvgIpc) is 2.67. The van der Waals surface area contributed by atoms with Gasteiger partial charge in [-0.15, -0.1) is 0 Å². The fourth-order valence-electron chi connectivity index (χ4n) is 3.69. The molecule has 2 N–H and O–H groups in total. The molecule has 0 atom stereocenters. The van der Waals surface area contributed by atoms with Gasteiger partial charge in [0.15, 0.2) is 0 Å². The minimum atomic E-state index is -0.486. The van der Waals surface area contributed by atoms with Gasteiger partial charge in [0.2, 0.25) is 5.91 Å². The monoisotopic (exact) mass is 372 g/mol. The Balaban J connectivity index is 1.62. The van der Waals surface area contributed by atoms with Crippen LogP contribution in [-0.4, -0.2) is 45.5 Å². The average molecular weight is 372 g/mol. The highest BCUT2D eigenvalue weighted by atomic mass is 16.2. The van der Waals surface area contributed by atoms with Gasteiger partial charge in [-0.25, -0.2) is 4.79 Å². The molecule has 27 heavy (non-hydrogen) atoms. The van der Waals surface area contributed by atoms with E-state index in [9.17, 15) is 14.4 Å². The van der Waals surface area contributed by atoms with Crippen LogP contribution in [0.25, 0.3) is 10.9 Å². The van der Waals surface area contributed by atoms with Gasteiger partial charge in [-0.1, -0.05) is 18.6 Å². The number of aromatic nitrogens is 2. The van der Waals surface area contributed by atoms with Gasteiger partial charge < -0.3 is 5.32 Å². The second-order valence-electron chi connectivity index (χ2n) is 7.81. The summed E-state index contributed by atoms with van der Waals surface area (Å²) in [7, 11) is 0. The van der Waals surface area contributed by atoms with Crippen LogP contribution in [0.1, 0.15) is 39.5 Å². The summed E-state index contributed by atoms with van der Waals surface area (Å²) >= 11 is 0. The maximum atomic E-state index is 12.3. The molecule has 0 bridgehead atoms. The predicted octanol–water partition coefficient (Wildman–Crippen LogP) is 1.46. The van der Waals surface area contributed by atoms with Crippen LogP contribution in [0.3, 0.4) is 0 Å². The third kappa shape index (κ3) is 4.47. The maximum Gasteiger partial charge on any atom is 0.328 e. The quantitative estimate of drug-likeness (QED) is 0.804. The Labute approximate surface area is 158 Å². The molecule has 1 saturated heterocycles. The van der Waals surface area contributed by atoms with Crippen molar-refractivity contribution in [2.75, 3.05) is 19.6 Å². The fourth-order valence-corrected chi connectivity index (χ4v) is 3.69. The Morgan fingerprint density at radius 3 is 2.59 bits per heavy atom. The van der Waals surface area contributed by atoms with Gasteiger partial charge in [-0.2, -0.15) is 0 Å². The zero-order valence-electron chi connectivity index (χ0n) is 16.1. The molecule has 146 valence electrons. The molecule has 3 rings (SSSR count). The number of carbonyl (C=O) groups excluding carboxylic acids is 1. The molecule has 2 aromatic rings. The normalized spacial score (nSPS) is 15.8. The van der Waals surface area contributed by atoms with Gasteiger partial charge in [-0.3, -0.25) is 24.0 Å². The summed E-state index contributed by atoms with van der Waals surface area (Å²) in [6.45, 7) is 7.25. The second-order valence-corrected chi connectivity index (χ2v) is 7.81.